The minimum absolute atomic E-state index is 0.0783. The van der Waals surface area contributed by atoms with Crippen LogP contribution in [0.5, 0.6) is 11.5 Å². The molecule has 0 spiro atoms. The van der Waals surface area contributed by atoms with E-state index in [-0.39, 0.29) is 5.91 Å². The van der Waals surface area contributed by atoms with E-state index >= 15 is 0 Å². The molecule has 28 heavy (non-hydrogen) atoms. The Bertz CT molecular complexity index is 902. The zero-order chi connectivity index (χ0) is 19.9. The maximum atomic E-state index is 12.8. The molecule has 144 valence electrons. The Morgan fingerprint density at radius 3 is 2.39 bits per heavy atom. The van der Waals surface area contributed by atoms with E-state index in [9.17, 15) is 4.79 Å². The fourth-order valence-electron chi connectivity index (χ4n) is 2.63. The number of hydrogen-bond donors (Lipinski definition) is 0. The standard InChI is InChI=1S/C22H22N2O3S/c1-4-14-24-21(25)20(15-16-6-10-18(26-3)11-7-16)28-22(24)23-17-8-12-19(13-9-17)27-5-2/h4,6-13,15H,1,5,14H2,2-3H3/b20-15-,23-22?. The highest BCUT2D eigenvalue weighted by molar-refractivity contribution is 8.18. The number of hydrogen-bond acceptors (Lipinski definition) is 5. The number of amides is 1. The average Bonchev–Trinajstić information content (AvgIpc) is 2.99. The fraction of sp³-hybridized carbons (Fsp3) is 0.182. The van der Waals surface area contributed by atoms with E-state index in [4.69, 9.17) is 9.47 Å². The molecule has 1 fully saturated rings. The van der Waals surface area contributed by atoms with Crippen LogP contribution in [-0.2, 0) is 4.79 Å². The van der Waals surface area contributed by atoms with Crippen molar-refractivity contribution in [1.29, 1.82) is 0 Å². The van der Waals surface area contributed by atoms with Gasteiger partial charge in [0.15, 0.2) is 5.17 Å². The average molecular weight is 394 g/mol. The summed E-state index contributed by atoms with van der Waals surface area (Å²) in [5, 5.41) is 0.633. The van der Waals surface area contributed by atoms with Crippen LogP contribution >= 0.6 is 11.8 Å². The van der Waals surface area contributed by atoms with Gasteiger partial charge in [0.25, 0.3) is 5.91 Å². The van der Waals surface area contributed by atoms with Gasteiger partial charge in [-0.05, 0) is 66.7 Å². The number of amidine groups is 1. The van der Waals surface area contributed by atoms with Crippen molar-refractivity contribution in [1.82, 2.24) is 4.90 Å². The van der Waals surface area contributed by atoms with Crippen LogP contribution in [-0.4, -0.2) is 36.2 Å². The van der Waals surface area contributed by atoms with Gasteiger partial charge in [-0.1, -0.05) is 18.2 Å². The third-order valence-corrected chi connectivity index (χ3v) is 4.99. The van der Waals surface area contributed by atoms with Gasteiger partial charge in [-0.2, -0.15) is 0 Å². The summed E-state index contributed by atoms with van der Waals surface area (Å²) in [4.78, 5) is 19.7. The first-order valence-corrected chi connectivity index (χ1v) is 9.74. The van der Waals surface area contributed by atoms with Crippen molar-refractivity contribution in [2.75, 3.05) is 20.3 Å². The first kappa shape index (κ1) is 19.8. The molecule has 3 rings (SSSR count). The molecule has 1 aliphatic heterocycles. The largest absolute Gasteiger partial charge is 0.497 e. The van der Waals surface area contributed by atoms with Crippen LogP contribution in [0.1, 0.15) is 12.5 Å². The predicted octanol–water partition coefficient (Wildman–Crippen LogP) is 4.88. The number of benzene rings is 2. The fourth-order valence-corrected chi connectivity index (χ4v) is 3.63. The minimum Gasteiger partial charge on any atom is -0.497 e. The van der Waals surface area contributed by atoms with Gasteiger partial charge in [0.1, 0.15) is 11.5 Å². The van der Waals surface area contributed by atoms with Gasteiger partial charge in [0.05, 0.1) is 24.3 Å². The molecule has 6 heteroatoms. The molecule has 0 aromatic heterocycles. The van der Waals surface area contributed by atoms with E-state index in [0.29, 0.717) is 23.2 Å². The lowest BCUT2D eigenvalue weighted by atomic mass is 10.2. The Hall–Kier alpha value is -2.99. The van der Waals surface area contributed by atoms with Crippen molar-refractivity contribution in [3.63, 3.8) is 0 Å². The normalized spacial score (nSPS) is 16.6. The summed E-state index contributed by atoms with van der Waals surface area (Å²) in [6, 6.07) is 15.1. The summed E-state index contributed by atoms with van der Waals surface area (Å²) in [7, 11) is 1.63. The SMILES string of the molecule is C=CCN1C(=O)/C(=C/c2ccc(OC)cc2)SC1=Nc1ccc(OCC)cc1. The van der Waals surface area contributed by atoms with Crippen LogP contribution in [0, 0.1) is 0 Å². The first-order valence-electron chi connectivity index (χ1n) is 8.92. The number of carbonyl (C=O) groups excluding carboxylic acids is 1. The molecule has 1 heterocycles. The van der Waals surface area contributed by atoms with Crippen molar-refractivity contribution >= 4 is 34.6 Å². The lowest BCUT2D eigenvalue weighted by Crippen LogP contribution is -2.29. The molecule has 1 aliphatic rings. The van der Waals surface area contributed by atoms with Gasteiger partial charge in [0.2, 0.25) is 0 Å². The van der Waals surface area contributed by atoms with Crippen LogP contribution in [0.15, 0.2) is 71.1 Å². The van der Waals surface area contributed by atoms with Gasteiger partial charge >= 0.3 is 0 Å². The van der Waals surface area contributed by atoms with Crippen LogP contribution in [0.2, 0.25) is 0 Å². The molecule has 0 N–H and O–H groups in total. The molecular weight excluding hydrogens is 372 g/mol. The quantitative estimate of drug-likeness (QED) is 0.496. The Labute approximate surface area is 169 Å². The second-order valence-electron chi connectivity index (χ2n) is 5.91. The van der Waals surface area contributed by atoms with E-state index in [0.717, 1.165) is 22.7 Å². The Kier molecular flexibility index (Phi) is 6.55. The zero-order valence-corrected chi connectivity index (χ0v) is 16.7. The number of aliphatic imine (C=N–C) groups is 1. The summed E-state index contributed by atoms with van der Waals surface area (Å²) < 4.78 is 10.6. The van der Waals surface area contributed by atoms with Crippen molar-refractivity contribution < 1.29 is 14.3 Å². The molecule has 0 atom stereocenters. The van der Waals surface area contributed by atoms with Crippen LogP contribution in [0.25, 0.3) is 6.08 Å². The Morgan fingerprint density at radius 2 is 1.79 bits per heavy atom. The summed E-state index contributed by atoms with van der Waals surface area (Å²) in [6.45, 7) is 6.72. The molecule has 0 bridgehead atoms. The molecule has 2 aromatic rings. The molecule has 0 saturated carbocycles. The maximum Gasteiger partial charge on any atom is 0.267 e. The van der Waals surface area contributed by atoms with Crippen molar-refractivity contribution in [3.05, 3.63) is 71.7 Å². The van der Waals surface area contributed by atoms with Crippen LogP contribution in [0.4, 0.5) is 5.69 Å². The summed E-state index contributed by atoms with van der Waals surface area (Å²) >= 11 is 1.36. The first-order chi connectivity index (χ1) is 13.6. The van der Waals surface area contributed by atoms with Crippen LogP contribution < -0.4 is 9.47 Å². The molecular formula is C22H22N2O3S. The molecule has 1 amide bonds. The van der Waals surface area contributed by atoms with Gasteiger partial charge in [-0.15, -0.1) is 6.58 Å². The van der Waals surface area contributed by atoms with Crippen molar-refractivity contribution in [3.8, 4) is 11.5 Å². The molecule has 2 aromatic carbocycles. The zero-order valence-electron chi connectivity index (χ0n) is 15.9. The Balaban J connectivity index is 1.86. The second-order valence-corrected chi connectivity index (χ2v) is 6.92. The summed E-state index contributed by atoms with van der Waals surface area (Å²) in [5.41, 5.74) is 1.69. The second kappa shape index (κ2) is 9.28. The number of carbonyl (C=O) groups is 1. The molecule has 0 radical (unpaired) electrons. The predicted molar refractivity (Wildman–Crippen MR) is 115 cm³/mol. The van der Waals surface area contributed by atoms with E-state index in [1.807, 2.05) is 61.5 Å². The number of ether oxygens (including phenoxy) is 2. The van der Waals surface area contributed by atoms with E-state index in [1.165, 1.54) is 11.8 Å². The molecule has 5 nitrogen and oxygen atoms in total. The summed E-state index contributed by atoms with van der Waals surface area (Å²) in [6.07, 6.45) is 3.56. The minimum atomic E-state index is -0.0783. The van der Waals surface area contributed by atoms with Gasteiger partial charge in [-0.3, -0.25) is 9.69 Å². The van der Waals surface area contributed by atoms with Gasteiger partial charge < -0.3 is 9.47 Å². The lowest BCUT2D eigenvalue weighted by Gasteiger charge is -2.12. The summed E-state index contributed by atoms with van der Waals surface area (Å²) in [5.74, 6) is 1.49. The third-order valence-electron chi connectivity index (χ3n) is 3.99. The van der Waals surface area contributed by atoms with E-state index < -0.39 is 0 Å². The maximum absolute atomic E-state index is 12.8. The number of thioether (sulfide) groups is 1. The smallest absolute Gasteiger partial charge is 0.267 e. The number of nitrogens with zero attached hydrogens (tertiary/aromatic N) is 2. The molecule has 0 aliphatic carbocycles. The van der Waals surface area contributed by atoms with Crippen molar-refractivity contribution in [2.24, 2.45) is 4.99 Å². The molecule has 0 unspecified atom stereocenters. The highest BCUT2D eigenvalue weighted by atomic mass is 32.2. The van der Waals surface area contributed by atoms with E-state index in [1.54, 1.807) is 18.1 Å². The Morgan fingerprint density at radius 1 is 1.11 bits per heavy atom. The van der Waals surface area contributed by atoms with Gasteiger partial charge in [-0.25, -0.2) is 4.99 Å². The molecule has 1 saturated heterocycles. The van der Waals surface area contributed by atoms with E-state index in [2.05, 4.69) is 11.6 Å². The highest BCUT2D eigenvalue weighted by Gasteiger charge is 2.32. The van der Waals surface area contributed by atoms with Gasteiger partial charge in [0, 0.05) is 6.54 Å². The highest BCUT2D eigenvalue weighted by Crippen LogP contribution is 2.34. The third kappa shape index (κ3) is 4.64. The topological polar surface area (TPSA) is 51.1 Å². The number of methoxy groups -OCH3 is 1. The van der Waals surface area contributed by atoms with Crippen molar-refractivity contribution in [2.45, 2.75) is 6.92 Å². The lowest BCUT2D eigenvalue weighted by molar-refractivity contribution is -0.121. The number of rotatable bonds is 7. The van der Waals surface area contributed by atoms with Crippen LogP contribution in [0.3, 0.4) is 0 Å². The monoisotopic (exact) mass is 394 g/mol.